The molecule has 0 spiro atoms. The molecule has 0 radical (unpaired) electrons. The second-order valence-corrected chi connectivity index (χ2v) is 3.80. The smallest absolute Gasteiger partial charge is 0.0813 e. The van der Waals surface area contributed by atoms with Gasteiger partial charge in [0.15, 0.2) is 0 Å². The van der Waals surface area contributed by atoms with Gasteiger partial charge in [-0.25, -0.2) is 0 Å². The number of nitrogens with one attached hydrogen (secondary N) is 1. The van der Waals surface area contributed by atoms with Crippen LogP contribution in [-0.2, 0) is 4.84 Å². The van der Waals surface area contributed by atoms with Gasteiger partial charge in [-0.2, -0.15) is 5.48 Å². The summed E-state index contributed by atoms with van der Waals surface area (Å²) < 4.78 is 0. The standard InChI is InChI=1S/C7H13Cl2NO/c1-7(2,3)11-10-5-6(9)4-8/h4,10H,5H2,1-3H3. The molecule has 0 heterocycles. The van der Waals surface area contributed by atoms with Crippen LogP contribution in [0, 0.1) is 0 Å². The number of hydrogen-bond donors (Lipinski definition) is 1. The molecule has 0 atom stereocenters. The normalized spacial score (nSPS) is 13.7. The van der Waals surface area contributed by atoms with Crippen LogP contribution in [0.3, 0.4) is 0 Å². The van der Waals surface area contributed by atoms with Crippen LogP contribution < -0.4 is 5.48 Å². The molecule has 0 aromatic carbocycles. The third-order valence-electron chi connectivity index (χ3n) is 0.738. The summed E-state index contributed by atoms with van der Waals surface area (Å²) in [5.74, 6) is 0. The van der Waals surface area contributed by atoms with E-state index >= 15 is 0 Å². The van der Waals surface area contributed by atoms with Gasteiger partial charge < -0.3 is 0 Å². The molecule has 0 aliphatic heterocycles. The van der Waals surface area contributed by atoms with Crippen molar-refractivity contribution >= 4 is 23.2 Å². The molecule has 0 saturated heterocycles. The lowest BCUT2D eigenvalue weighted by molar-refractivity contribution is -0.0680. The largest absolute Gasteiger partial charge is 0.296 e. The van der Waals surface area contributed by atoms with E-state index in [1.807, 2.05) is 20.8 Å². The molecule has 0 aliphatic rings. The van der Waals surface area contributed by atoms with Crippen LogP contribution in [0.15, 0.2) is 10.6 Å². The third-order valence-corrected chi connectivity index (χ3v) is 1.36. The zero-order chi connectivity index (χ0) is 8.91. The van der Waals surface area contributed by atoms with E-state index in [2.05, 4.69) is 5.48 Å². The van der Waals surface area contributed by atoms with E-state index in [0.29, 0.717) is 11.6 Å². The Morgan fingerprint density at radius 1 is 1.55 bits per heavy atom. The predicted molar refractivity (Wildman–Crippen MR) is 48.6 cm³/mol. The molecular weight excluding hydrogens is 185 g/mol. The van der Waals surface area contributed by atoms with Crippen molar-refractivity contribution in [2.75, 3.05) is 6.54 Å². The number of rotatable bonds is 3. The Morgan fingerprint density at radius 3 is 2.45 bits per heavy atom. The molecule has 0 bridgehead atoms. The maximum atomic E-state index is 5.58. The summed E-state index contributed by atoms with van der Waals surface area (Å²) in [5.41, 5.74) is 3.79. The Balaban J connectivity index is 3.43. The average Bonchev–Trinajstić information content (AvgIpc) is 1.85. The zero-order valence-electron chi connectivity index (χ0n) is 6.95. The second-order valence-electron chi connectivity index (χ2n) is 3.09. The Kier molecular flexibility index (Phi) is 5.10. The van der Waals surface area contributed by atoms with Gasteiger partial charge in [0.1, 0.15) is 0 Å². The summed E-state index contributed by atoms with van der Waals surface area (Å²) in [7, 11) is 0. The maximum Gasteiger partial charge on any atom is 0.0813 e. The van der Waals surface area contributed by atoms with Gasteiger partial charge in [0.25, 0.3) is 0 Å². The number of hydroxylamine groups is 1. The molecule has 0 fully saturated rings. The lowest BCUT2D eigenvalue weighted by Crippen LogP contribution is -2.29. The van der Waals surface area contributed by atoms with Crippen LogP contribution in [-0.4, -0.2) is 12.1 Å². The molecule has 0 aliphatic carbocycles. The van der Waals surface area contributed by atoms with E-state index in [9.17, 15) is 0 Å². The van der Waals surface area contributed by atoms with Gasteiger partial charge in [-0.3, -0.25) is 4.84 Å². The number of halogens is 2. The molecule has 1 N–H and O–H groups in total. The summed E-state index contributed by atoms with van der Waals surface area (Å²) in [5, 5.41) is 0.524. The van der Waals surface area contributed by atoms with Crippen molar-refractivity contribution in [3.8, 4) is 0 Å². The third kappa shape index (κ3) is 8.14. The minimum Gasteiger partial charge on any atom is -0.296 e. The van der Waals surface area contributed by atoms with E-state index in [1.165, 1.54) is 5.54 Å². The fourth-order valence-electron chi connectivity index (χ4n) is 0.360. The lowest BCUT2D eigenvalue weighted by atomic mass is 10.2. The van der Waals surface area contributed by atoms with Crippen molar-refractivity contribution in [3.05, 3.63) is 10.6 Å². The highest BCUT2D eigenvalue weighted by atomic mass is 35.5. The first-order valence-corrected chi connectivity index (χ1v) is 4.13. The van der Waals surface area contributed by atoms with Gasteiger partial charge in [0, 0.05) is 10.6 Å². The van der Waals surface area contributed by atoms with Crippen LogP contribution in [0.5, 0.6) is 0 Å². The molecule has 0 aromatic rings. The SMILES string of the molecule is CC(C)(C)ONCC(Cl)=CCl. The van der Waals surface area contributed by atoms with Crippen molar-refractivity contribution in [2.45, 2.75) is 26.4 Å². The Hall–Kier alpha value is 0.240. The monoisotopic (exact) mass is 197 g/mol. The highest BCUT2D eigenvalue weighted by molar-refractivity contribution is 6.36. The molecule has 0 amide bonds. The topological polar surface area (TPSA) is 21.3 Å². The molecule has 4 heteroatoms. The van der Waals surface area contributed by atoms with Crippen molar-refractivity contribution in [3.63, 3.8) is 0 Å². The van der Waals surface area contributed by atoms with E-state index in [-0.39, 0.29) is 5.60 Å². The first-order chi connectivity index (χ1) is 4.95. The number of hydrogen-bond acceptors (Lipinski definition) is 2. The lowest BCUT2D eigenvalue weighted by Gasteiger charge is -2.18. The Bertz CT molecular complexity index is 140. The van der Waals surface area contributed by atoms with Crippen molar-refractivity contribution in [2.24, 2.45) is 0 Å². The summed E-state index contributed by atoms with van der Waals surface area (Å²) in [6.07, 6.45) is 0. The summed E-state index contributed by atoms with van der Waals surface area (Å²) in [6, 6.07) is 0. The van der Waals surface area contributed by atoms with E-state index in [0.717, 1.165) is 0 Å². The van der Waals surface area contributed by atoms with Gasteiger partial charge in [-0.15, -0.1) is 0 Å². The molecule has 0 unspecified atom stereocenters. The van der Waals surface area contributed by atoms with Crippen LogP contribution in [0.4, 0.5) is 0 Å². The fourth-order valence-corrected chi connectivity index (χ4v) is 0.492. The summed E-state index contributed by atoms with van der Waals surface area (Å²) >= 11 is 10.9. The molecule has 11 heavy (non-hydrogen) atoms. The summed E-state index contributed by atoms with van der Waals surface area (Å²) in [4.78, 5) is 5.17. The molecule has 0 saturated carbocycles. The van der Waals surface area contributed by atoms with Gasteiger partial charge in [-0.1, -0.05) is 23.2 Å². The Labute approximate surface area is 77.5 Å². The van der Waals surface area contributed by atoms with E-state index in [4.69, 9.17) is 28.0 Å². The minimum absolute atomic E-state index is 0.205. The predicted octanol–water partition coefficient (Wildman–Crippen LogP) is 2.63. The quantitative estimate of drug-likeness (QED) is 0.703. The van der Waals surface area contributed by atoms with E-state index < -0.39 is 0 Å². The van der Waals surface area contributed by atoms with Crippen LogP contribution in [0.25, 0.3) is 0 Å². The minimum atomic E-state index is -0.205. The fraction of sp³-hybridized carbons (Fsp3) is 0.714. The van der Waals surface area contributed by atoms with Crippen LogP contribution in [0.1, 0.15) is 20.8 Å². The summed E-state index contributed by atoms with van der Waals surface area (Å²) in [6.45, 7) is 6.26. The van der Waals surface area contributed by atoms with Crippen molar-refractivity contribution < 1.29 is 4.84 Å². The Morgan fingerprint density at radius 2 is 2.09 bits per heavy atom. The van der Waals surface area contributed by atoms with Gasteiger partial charge in [-0.05, 0) is 20.8 Å². The highest BCUT2D eigenvalue weighted by Gasteiger charge is 2.09. The van der Waals surface area contributed by atoms with Gasteiger partial charge in [0.05, 0.1) is 12.1 Å². The van der Waals surface area contributed by atoms with Gasteiger partial charge >= 0.3 is 0 Å². The van der Waals surface area contributed by atoms with Crippen molar-refractivity contribution in [1.82, 2.24) is 5.48 Å². The molecule has 0 aromatic heterocycles. The van der Waals surface area contributed by atoms with Gasteiger partial charge in [0.2, 0.25) is 0 Å². The van der Waals surface area contributed by atoms with Crippen LogP contribution >= 0.6 is 23.2 Å². The first kappa shape index (κ1) is 11.2. The second kappa shape index (κ2) is 4.99. The molecule has 0 rings (SSSR count). The average molecular weight is 198 g/mol. The van der Waals surface area contributed by atoms with Crippen LogP contribution in [0.2, 0.25) is 0 Å². The first-order valence-electron chi connectivity index (χ1n) is 3.31. The molecular formula is C7H13Cl2NO. The maximum absolute atomic E-state index is 5.58. The van der Waals surface area contributed by atoms with E-state index in [1.54, 1.807) is 0 Å². The molecule has 2 nitrogen and oxygen atoms in total. The molecule has 66 valence electrons. The zero-order valence-corrected chi connectivity index (χ0v) is 8.46. The highest BCUT2D eigenvalue weighted by Crippen LogP contribution is 2.05. The van der Waals surface area contributed by atoms with Crippen molar-refractivity contribution in [1.29, 1.82) is 0 Å².